The Morgan fingerprint density at radius 1 is 1.45 bits per heavy atom. The molecule has 1 fully saturated rings. The van der Waals surface area contributed by atoms with E-state index in [1.54, 1.807) is 23.1 Å². The highest BCUT2D eigenvalue weighted by Crippen LogP contribution is 2.14. The van der Waals surface area contributed by atoms with Crippen LogP contribution in [0.5, 0.6) is 0 Å². The highest BCUT2D eigenvalue weighted by Gasteiger charge is 2.23. The van der Waals surface area contributed by atoms with Gasteiger partial charge in [-0.05, 0) is 37.2 Å². The molecule has 1 saturated heterocycles. The highest BCUT2D eigenvalue weighted by molar-refractivity contribution is 5.92. The largest absolute Gasteiger partial charge is 0.338 e. The molecule has 1 aliphatic heterocycles. The van der Waals surface area contributed by atoms with Crippen LogP contribution in [-0.2, 0) is 4.79 Å². The second-order valence-corrected chi connectivity index (χ2v) is 4.74. The van der Waals surface area contributed by atoms with Crippen LogP contribution < -0.4 is 5.32 Å². The summed E-state index contributed by atoms with van der Waals surface area (Å²) in [5.41, 5.74) is 0.818. The first-order chi connectivity index (χ1) is 9.60. The van der Waals surface area contributed by atoms with Gasteiger partial charge in [-0.2, -0.15) is 0 Å². The number of likely N-dealkylation sites (tertiary alicyclic amines) is 1. The van der Waals surface area contributed by atoms with Gasteiger partial charge in [-0.1, -0.05) is 0 Å². The van der Waals surface area contributed by atoms with Crippen molar-refractivity contribution in [1.82, 2.24) is 10.2 Å². The third-order valence-electron chi connectivity index (χ3n) is 3.43. The van der Waals surface area contributed by atoms with Crippen LogP contribution >= 0.6 is 0 Å². The molecule has 6 heteroatoms. The van der Waals surface area contributed by atoms with E-state index in [1.807, 2.05) is 7.05 Å². The van der Waals surface area contributed by atoms with Gasteiger partial charge in [-0.15, -0.1) is 0 Å². The fraction of sp³-hybridized carbons (Fsp3) is 0.357. The molecule has 1 aromatic carbocycles. The van der Waals surface area contributed by atoms with Gasteiger partial charge in [-0.25, -0.2) is 0 Å². The quantitative estimate of drug-likeness (QED) is 0.512. The van der Waals surface area contributed by atoms with Crippen LogP contribution in [0.1, 0.15) is 12.0 Å². The molecule has 1 atom stereocenters. The molecular weight excluding hydrogens is 258 g/mol. The van der Waals surface area contributed by atoms with E-state index in [2.05, 4.69) is 5.32 Å². The van der Waals surface area contributed by atoms with Crippen LogP contribution in [0.4, 0.5) is 5.69 Å². The van der Waals surface area contributed by atoms with Gasteiger partial charge < -0.3 is 10.2 Å². The predicted molar refractivity (Wildman–Crippen MR) is 76.2 cm³/mol. The number of hydrogen-bond donors (Lipinski definition) is 1. The second-order valence-electron chi connectivity index (χ2n) is 4.74. The molecule has 1 aromatic rings. The summed E-state index contributed by atoms with van der Waals surface area (Å²) < 4.78 is 0. The molecule has 106 valence electrons. The first-order valence-electron chi connectivity index (χ1n) is 6.49. The maximum Gasteiger partial charge on any atom is 0.269 e. The van der Waals surface area contributed by atoms with Gasteiger partial charge in [0, 0.05) is 37.3 Å². The number of benzene rings is 1. The summed E-state index contributed by atoms with van der Waals surface area (Å²) in [7, 11) is 1.89. The molecule has 1 unspecified atom stereocenters. The zero-order valence-electron chi connectivity index (χ0n) is 11.3. The molecule has 0 aromatic heterocycles. The lowest BCUT2D eigenvalue weighted by atomic mass is 10.2. The summed E-state index contributed by atoms with van der Waals surface area (Å²) in [5.74, 6) is -0.0268. The molecule has 2 rings (SSSR count). The van der Waals surface area contributed by atoms with Crippen molar-refractivity contribution in [3.05, 3.63) is 46.0 Å². The fourth-order valence-corrected chi connectivity index (χ4v) is 2.18. The number of non-ortho nitro benzene ring substituents is 1. The van der Waals surface area contributed by atoms with Crippen molar-refractivity contribution in [2.75, 3.05) is 20.1 Å². The monoisotopic (exact) mass is 275 g/mol. The summed E-state index contributed by atoms with van der Waals surface area (Å²) in [6.45, 7) is 1.48. The van der Waals surface area contributed by atoms with Crippen LogP contribution in [0.2, 0.25) is 0 Å². The van der Waals surface area contributed by atoms with Gasteiger partial charge in [0.2, 0.25) is 5.91 Å². The van der Waals surface area contributed by atoms with E-state index in [9.17, 15) is 14.9 Å². The van der Waals surface area contributed by atoms with Crippen molar-refractivity contribution in [3.8, 4) is 0 Å². The van der Waals surface area contributed by atoms with Gasteiger partial charge in [-0.3, -0.25) is 14.9 Å². The van der Waals surface area contributed by atoms with Gasteiger partial charge in [0.1, 0.15) is 0 Å². The maximum atomic E-state index is 12.0. The minimum absolute atomic E-state index is 0.0268. The average molecular weight is 275 g/mol. The number of carbonyl (C=O) groups excluding carboxylic acids is 1. The summed E-state index contributed by atoms with van der Waals surface area (Å²) >= 11 is 0. The summed E-state index contributed by atoms with van der Waals surface area (Å²) in [4.78, 5) is 23.8. The molecule has 0 spiro atoms. The Morgan fingerprint density at radius 2 is 2.15 bits per heavy atom. The molecular formula is C14H17N3O3. The van der Waals surface area contributed by atoms with Gasteiger partial charge in [0.05, 0.1) is 4.92 Å². The highest BCUT2D eigenvalue weighted by atomic mass is 16.6. The van der Waals surface area contributed by atoms with Crippen molar-refractivity contribution in [1.29, 1.82) is 0 Å². The lowest BCUT2D eigenvalue weighted by Crippen LogP contribution is -2.32. The first-order valence-corrected chi connectivity index (χ1v) is 6.49. The molecule has 1 amide bonds. The number of nitro groups is 1. The third-order valence-corrected chi connectivity index (χ3v) is 3.43. The molecule has 0 bridgehead atoms. The summed E-state index contributed by atoms with van der Waals surface area (Å²) in [6.07, 6.45) is 4.16. The van der Waals surface area contributed by atoms with E-state index in [0.717, 1.165) is 25.1 Å². The van der Waals surface area contributed by atoms with Crippen molar-refractivity contribution in [2.45, 2.75) is 12.5 Å². The van der Waals surface area contributed by atoms with E-state index in [1.165, 1.54) is 18.2 Å². The Morgan fingerprint density at radius 3 is 2.70 bits per heavy atom. The Hall–Kier alpha value is -2.21. The maximum absolute atomic E-state index is 12.0. The van der Waals surface area contributed by atoms with E-state index >= 15 is 0 Å². The number of nitro benzene ring substituents is 1. The minimum atomic E-state index is -0.444. The lowest BCUT2D eigenvalue weighted by Gasteiger charge is -2.13. The smallest absolute Gasteiger partial charge is 0.269 e. The Kier molecular flexibility index (Phi) is 4.47. The zero-order valence-corrected chi connectivity index (χ0v) is 11.3. The number of nitrogens with zero attached hydrogens (tertiary/aromatic N) is 2. The van der Waals surface area contributed by atoms with Crippen LogP contribution in [0.15, 0.2) is 30.3 Å². The topological polar surface area (TPSA) is 75.5 Å². The van der Waals surface area contributed by atoms with Gasteiger partial charge in [0.15, 0.2) is 0 Å². The van der Waals surface area contributed by atoms with Crippen molar-refractivity contribution >= 4 is 17.7 Å². The molecule has 6 nitrogen and oxygen atoms in total. The summed E-state index contributed by atoms with van der Waals surface area (Å²) in [5, 5.41) is 13.7. The van der Waals surface area contributed by atoms with Crippen LogP contribution in [0.3, 0.4) is 0 Å². The van der Waals surface area contributed by atoms with E-state index in [4.69, 9.17) is 0 Å². The van der Waals surface area contributed by atoms with Crippen LogP contribution in [0, 0.1) is 10.1 Å². The van der Waals surface area contributed by atoms with E-state index < -0.39 is 4.92 Å². The molecule has 20 heavy (non-hydrogen) atoms. The second kappa shape index (κ2) is 6.29. The normalized spacial score (nSPS) is 18.6. The predicted octanol–water partition coefficient (Wildman–Crippen LogP) is 1.43. The number of amides is 1. The lowest BCUT2D eigenvalue weighted by molar-refractivity contribution is -0.384. The minimum Gasteiger partial charge on any atom is -0.338 e. The SMILES string of the molecule is CNC1CCN(C(=O)/C=C/c2ccc([N+](=O)[O-])cc2)C1. The number of carbonyl (C=O) groups is 1. The molecule has 1 heterocycles. The van der Waals surface area contributed by atoms with Crippen molar-refractivity contribution in [2.24, 2.45) is 0 Å². The average Bonchev–Trinajstić information content (AvgIpc) is 2.94. The van der Waals surface area contributed by atoms with E-state index in [0.29, 0.717) is 6.04 Å². The number of likely N-dealkylation sites (N-methyl/N-ethyl adjacent to an activating group) is 1. The van der Waals surface area contributed by atoms with Gasteiger partial charge in [0.25, 0.3) is 5.69 Å². The number of rotatable bonds is 4. The van der Waals surface area contributed by atoms with Crippen LogP contribution in [0.25, 0.3) is 6.08 Å². The summed E-state index contributed by atoms with van der Waals surface area (Å²) in [6, 6.07) is 6.48. The Bertz CT molecular complexity index is 525. The molecule has 0 aliphatic carbocycles. The zero-order chi connectivity index (χ0) is 14.5. The molecule has 1 N–H and O–H groups in total. The Labute approximate surface area is 117 Å². The van der Waals surface area contributed by atoms with Gasteiger partial charge >= 0.3 is 0 Å². The molecule has 0 saturated carbocycles. The van der Waals surface area contributed by atoms with Crippen molar-refractivity contribution in [3.63, 3.8) is 0 Å². The third kappa shape index (κ3) is 3.42. The van der Waals surface area contributed by atoms with Crippen LogP contribution in [-0.4, -0.2) is 41.9 Å². The van der Waals surface area contributed by atoms with E-state index in [-0.39, 0.29) is 11.6 Å². The Balaban J connectivity index is 1.95. The number of nitrogens with one attached hydrogen (secondary N) is 1. The fourth-order valence-electron chi connectivity index (χ4n) is 2.18. The number of hydrogen-bond acceptors (Lipinski definition) is 4. The standard InChI is InChI=1S/C14H17N3O3/c1-15-12-8-9-16(10-12)14(18)7-4-11-2-5-13(6-3-11)17(19)20/h2-7,12,15H,8-10H2,1H3/b7-4+. The molecule has 0 radical (unpaired) electrons. The van der Waals surface area contributed by atoms with Crippen molar-refractivity contribution < 1.29 is 9.72 Å². The molecule has 1 aliphatic rings. The first kappa shape index (κ1) is 14.2.